The van der Waals surface area contributed by atoms with Crippen LogP contribution >= 0.6 is 11.6 Å². The Morgan fingerprint density at radius 1 is 0.964 bits per heavy atom. The Kier molecular flexibility index (Phi) is 4.34. The first-order valence-electron chi connectivity index (χ1n) is 9.36. The molecular formula is C22H19ClN4O. The third-order valence-electron chi connectivity index (χ3n) is 5.60. The normalized spacial score (nSPS) is 18.5. The van der Waals surface area contributed by atoms with E-state index in [0.717, 1.165) is 35.4 Å². The van der Waals surface area contributed by atoms with Gasteiger partial charge in [-0.3, -0.25) is 0 Å². The van der Waals surface area contributed by atoms with Crippen molar-refractivity contribution in [2.75, 3.05) is 6.61 Å². The summed E-state index contributed by atoms with van der Waals surface area (Å²) in [5, 5.41) is 10.5. The number of halogens is 1. The van der Waals surface area contributed by atoms with Crippen molar-refractivity contribution in [3.05, 3.63) is 77.3 Å². The van der Waals surface area contributed by atoms with Crippen molar-refractivity contribution in [1.82, 2.24) is 19.5 Å². The Hall–Kier alpha value is -2.76. The zero-order valence-corrected chi connectivity index (χ0v) is 15.9. The molecule has 2 aromatic heterocycles. The number of benzene rings is 2. The smallest absolute Gasteiger partial charge is 0.163 e. The van der Waals surface area contributed by atoms with Crippen LogP contribution < -0.4 is 0 Å². The fourth-order valence-corrected chi connectivity index (χ4v) is 4.39. The third kappa shape index (κ3) is 2.87. The van der Waals surface area contributed by atoms with Gasteiger partial charge < -0.3 is 9.67 Å². The van der Waals surface area contributed by atoms with Crippen LogP contribution in [0.25, 0.3) is 22.4 Å². The predicted molar refractivity (Wildman–Crippen MR) is 109 cm³/mol. The van der Waals surface area contributed by atoms with Crippen LogP contribution in [-0.4, -0.2) is 31.2 Å². The Bertz CT molecular complexity index is 1140. The van der Waals surface area contributed by atoms with Gasteiger partial charge in [-0.05, 0) is 29.7 Å². The Morgan fingerprint density at radius 2 is 1.71 bits per heavy atom. The molecule has 1 aliphatic carbocycles. The summed E-state index contributed by atoms with van der Waals surface area (Å²) >= 11 is 6.01. The lowest BCUT2D eigenvalue weighted by Gasteiger charge is -2.13. The van der Waals surface area contributed by atoms with Crippen molar-refractivity contribution in [3.8, 4) is 11.3 Å². The summed E-state index contributed by atoms with van der Waals surface area (Å²) in [6.45, 7) is 0.960. The highest BCUT2D eigenvalue weighted by Gasteiger charge is 2.30. The summed E-state index contributed by atoms with van der Waals surface area (Å²) in [4.78, 5) is 13.6. The molecule has 0 spiro atoms. The monoisotopic (exact) mass is 390 g/mol. The van der Waals surface area contributed by atoms with Gasteiger partial charge in [-0.25, -0.2) is 15.0 Å². The fraction of sp³-hybridized carbons (Fsp3) is 0.227. The van der Waals surface area contributed by atoms with Crippen LogP contribution in [0.4, 0.5) is 0 Å². The maximum absolute atomic E-state index is 9.76. The van der Waals surface area contributed by atoms with Crippen molar-refractivity contribution < 1.29 is 5.11 Å². The molecule has 5 rings (SSSR count). The molecule has 6 heteroatoms. The minimum Gasteiger partial charge on any atom is -0.396 e. The van der Waals surface area contributed by atoms with Crippen LogP contribution in [-0.2, 0) is 6.54 Å². The Morgan fingerprint density at radius 3 is 2.46 bits per heavy atom. The highest BCUT2D eigenvalue weighted by molar-refractivity contribution is 6.30. The second kappa shape index (κ2) is 7.00. The Labute approximate surface area is 167 Å². The molecule has 28 heavy (non-hydrogen) atoms. The quantitative estimate of drug-likeness (QED) is 0.560. The number of aromatic nitrogens is 4. The summed E-state index contributed by atoms with van der Waals surface area (Å²) < 4.78 is 2.09. The number of hydrogen-bond acceptors (Lipinski definition) is 4. The molecule has 140 valence electrons. The van der Waals surface area contributed by atoms with E-state index in [2.05, 4.69) is 37.7 Å². The Balaban J connectivity index is 1.52. The first kappa shape index (κ1) is 17.3. The average Bonchev–Trinajstić information content (AvgIpc) is 3.31. The maximum Gasteiger partial charge on any atom is 0.163 e. The summed E-state index contributed by atoms with van der Waals surface area (Å²) in [5.74, 6) is 0.537. The highest BCUT2D eigenvalue weighted by atomic mass is 35.5. The van der Waals surface area contributed by atoms with E-state index in [-0.39, 0.29) is 12.5 Å². The summed E-state index contributed by atoms with van der Waals surface area (Å²) in [7, 11) is 0. The summed E-state index contributed by atoms with van der Waals surface area (Å²) in [5.41, 5.74) is 5.96. The van der Waals surface area contributed by atoms with Gasteiger partial charge >= 0.3 is 0 Å². The molecule has 0 amide bonds. The van der Waals surface area contributed by atoms with E-state index in [9.17, 15) is 5.11 Å². The van der Waals surface area contributed by atoms with E-state index in [4.69, 9.17) is 11.6 Å². The second-order valence-electron chi connectivity index (χ2n) is 7.24. The van der Waals surface area contributed by atoms with E-state index in [0.29, 0.717) is 10.9 Å². The summed E-state index contributed by atoms with van der Waals surface area (Å²) in [6.07, 6.45) is 4.36. The van der Waals surface area contributed by atoms with Crippen LogP contribution in [0, 0.1) is 0 Å². The molecule has 2 aromatic carbocycles. The average molecular weight is 391 g/mol. The van der Waals surface area contributed by atoms with E-state index >= 15 is 0 Å². The maximum atomic E-state index is 9.76. The zero-order chi connectivity index (χ0) is 19.1. The lowest BCUT2D eigenvalue weighted by Crippen LogP contribution is -2.07. The molecule has 1 N–H and O–H groups in total. The number of fused-ring (bicyclic) bond motifs is 2. The van der Waals surface area contributed by atoms with Gasteiger partial charge in [-0.2, -0.15) is 0 Å². The fourth-order valence-electron chi connectivity index (χ4n) is 4.27. The van der Waals surface area contributed by atoms with E-state index in [1.165, 1.54) is 11.1 Å². The molecule has 0 radical (unpaired) electrons. The minimum absolute atomic E-state index is 0.182. The van der Waals surface area contributed by atoms with Crippen molar-refractivity contribution in [2.24, 2.45) is 0 Å². The van der Waals surface area contributed by atoms with Crippen molar-refractivity contribution in [2.45, 2.75) is 24.8 Å². The van der Waals surface area contributed by atoms with Crippen LogP contribution in [0.15, 0.2) is 61.2 Å². The van der Waals surface area contributed by atoms with Crippen LogP contribution in [0.5, 0.6) is 0 Å². The third-order valence-corrected chi connectivity index (χ3v) is 5.85. The van der Waals surface area contributed by atoms with Crippen LogP contribution in [0.1, 0.15) is 29.4 Å². The van der Waals surface area contributed by atoms with Gasteiger partial charge in [0.25, 0.3) is 0 Å². The molecular weight excluding hydrogens is 372 g/mol. The van der Waals surface area contributed by atoms with E-state index in [1.54, 1.807) is 6.33 Å². The van der Waals surface area contributed by atoms with Crippen LogP contribution in [0.2, 0.25) is 5.02 Å². The first-order valence-corrected chi connectivity index (χ1v) is 9.74. The first-order chi connectivity index (χ1) is 13.7. The molecule has 1 aliphatic rings. The largest absolute Gasteiger partial charge is 0.396 e. The van der Waals surface area contributed by atoms with Gasteiger partial charge in [-0.1, -0.05) is 48.0 Å². The predicted octanol–water partition coefficient (Wildman–Crippen LogP) is 4.41. The molecule has 0 fully saturated rings. The molecule has 0 saturated carbocycles. The second-order valence-corrected chi connectivity index (χ2v) is 7.68. The van der Waals surface area contributed by atoms with E-state index < -0.39 is 0 Å². The molecule has 2 heterocycles. The number of imidazole rings is 1. The van der Waals surface area contributed by atoms with Crippen molar-refractivity contribution in [1.29, 1.82) is 0 Å². The van der Waals surface area contributed by atoms with Gasteiger partial charge in [0, 0.05) is 35.6 Å². The zero-order valence-electron chi connectivity index (χ0n) is 15.2. The SMILES string of the molecule is OC[C@@H]1C[C@H](Cn2cnc3c(-c4ccc(Cl)cc4)ncnc32)c2ccccc21. The minimum atomic E-state index is 0.182. The standard InChI is InChI=1S/C22H19ClN4O/c23-17-7-5-14(6-8-17)20-21-22(25-12-24-20)27(13-26-21)10-15-9-16(11-28)19-4-2-1-3-18(15)19/h1-8,12-13,15-16,28H,9-11H2/t15-,16+/m1/s1. The molecule has 0 saturated heterocycles. The molecule has 0 unspecified atom stereocenters. The van der Waals surface area contributed by atoms with Crippen molar-refractivity contribution in [3.63, 3.8) is 0 Å². The highest BCUT2D eigenvalue weighted by Crippen LogP contribution is 2.42. The number of aliphatic hydroxyl groups excluding tert-OH is 1. The van der Waals surface area contributed by atoms with Gasteiger partial charge in [0.2, 0.25) is 0 Å². The van der Waals surface area contributed by atoms with Crippen molar-refractivity contribution >= 4 is 22.8 Å². The van der Waals surface area contributed by atoms with Gasteiger partial charge in [0.05, 0.1) is 6.33 Å². The molecule has 4 aromatic rings. The van der Waals surface area contributed by atoms with Crippen LogP contribution in [0.3, 0.4) is 0 Å². The summed E-state index contributed by atoms with van der Waals surface area (Å²) in [6, 6.07) is 16.0. The van der Waals surface area contributed by atoms with Gasteiger partial charge in [0.15, 0.2) is 5.65 Å². The number of aliphatic hydroxyl groups is 1. The number of rotatable bonds is 4. The van der Waals surface area contributed by atoms with Gasteiger partial charge in [-0.15, -0.1) is 0 Å². The van der Waals surface area contributed by atoms with Gasteiger partial charge in [0.1, 0.15) is 17.5 Å². The molecule has 0 aliphatic heterocycles. The lowest BCUT2D eigenvalue weighted by molar-refractivity contribution is 0.259. The molecule has 5 nitrogen and oxygen atoms in total. The topological polar surface area (TPSA) is 63.8 Å². The number of hydrogen-bond donors (Lipinski definition) is 1. The number of nitrogens with zero attached hydrogens (tertiary/aromatic N) is 4. The molecule has 2 atom stereocenters. The lowest BCUT2D eigenvalue weighted by atomic mass is 10.0. The van der Waals surface area contributed by atoms with E-state index in [1.807, 2.05) is 36.7 Å². The molecule has 0 bridgehead atoms.